The van der Waals surface area contributed by atoms with Crippen LogP contribution in [0.5, 0.6) is 5.75 Å². The summed E-state index contributed by atoms with van der Waals surface area (Å²) in [5, 5.41) is 0. The van der Waals surface area contributed by atoms with Crippen molar-refractivity contribution in [1.82, 2.24) is 0 Å². The smallest absolute Gasteiger partial charge is 0.147 e. The molecule has 1 aliphatic heterocycles. The summed E-state index contributed by atoms with van der Waals surface area (Å²) in [5.41, 5.74) is 3.28. The second kappa shape index (κ2) is 7.47. The molecule has 1 aliphatic rings. The average Bonchev–Trinajstić information content (AvgIpc) is 3.11. The lowest BCUT2D eigenvalue weighted by Gasteiger charge is -2.19. The molecule has 0 atom stereocenters. The van der Waals surface area contributed by atoms with Crippen molar-refractivity contribution in [2.75, 3.05) is 24.6 Å². The van der Waals surface area contributed by atoms with E-state index in [1.165, 1.54) is 0 Å². The zero-order valence-electron chi connectivity index (χ0n) is 14.3. The predicted octanol–water partition coefficient (Wildman–Crippen LogP) is 4.88. The third-order valence-corrected chi connectivity index (χ3v) is 4.29. The van der Waals surface area contributed by atoms with Crippen molar-refractivity contribution in [3.8, 4) is 5.75 Å². The fourth-order valence-electron chi connectivity index (χ4n) is 3.00. The number of aliphatic imine (C=N–C) groups is 1. The lowest BCUT2D eigenvalue weighted by atomic mass is 10.1. The molecule has 126 valence electrons. The lowest BCUT2D eigenvalue weighted by molar-refractivity contribution is 0.341. The molecule has 0 radical (unpaired) electrons. The Hall–Kier alpha value is -2.36. The Labute approximate surface area is 142 Å². The number of aryl methyl sites for hydroxylation is 1. The van der Waals surface area contributed by atoms with Crippen LogP contribution in [0.4, 0.5) is 15.8 Å². The summed E-state index contributed by atoms with van der Waals surface area (Å²) in [5.74, 6) is 0.560. The van der Waals surface area contributed by atoms with Crippen molar-refractivity contribution < 1.29 is 9.13 Å². The van der Waals surface area contributed by atoms with E-state index in [0.29, 0.717) is 12.3 Å². The largest absolute Gasteiger partial charge is 0.492 e. The van der Waals surface area contributed by atoms with Gasteiger partial charge in [0.25, 0.3) is 0 Å². The highest BCUT2D eigenvalue weighted by Crippen LogP contribution is 2.29. The van der Waals surface area contributed by atoms with Crippen LogP contribution in [0.2, 0.25) is 0 Å². The Morgan fingerprint density at radius 2 is 1.96 bits per heavy atom. The molecule has 0 unspecified atom stereocenters. The summed E-state index contributed by atoms with van der Waals surface area (Å²) in [6.07, 6.45) is 3.98. The molecule has 0 aliphatic carbocycles. The van der Waals surface area contributed by atoms with Crippen LogP contribution >= 0.6 is 0 Å². The van der Waals surface area contributed by atoms with Crippen LogP contribution in [0, 0.1) is 12.7 Å². The molecule has 24 heavy (non-hydrogen) atoms. The lowest BCUT2D eigenvalue weighted by Crippen LogP contribution is -2.19. The SMILES string of the molecule is CCOc1ccccc1N=Cc1cc(F)c(N2CCCC2)cc1C. The third kappa shape index (κ3) is 3.58. The summed E-state index contributed by atoms with van der Waals surface area (Å²) in [4.78, 5) is 6.61. The quantitative estimate of drug-likeness (QED) is 0.731. The van der Waals surface area contributed by atoms with Crippen molar-refractivity contribution in [3.63, 3.8) is 0 Å². The van der Waals surface area contributed by atoms with Gasteiger partial charge in [0, 0.05) is 19.3 Å². The van der Waals surface area contributed by atoms with Gasteiger partial charge in [-0.25, -0.2) is 4.39 Å². The highest BCUT2D eigenvalue weighted by molar-refractivity contribution is 5.85. The van der Waals surface area contributed by atoms with Gasteiger partial charge in [-0.05, 0) is 62.1 Å². The summed E-state index contributed by atoms with van der Waals surface area (Å²) in [7, 11) is 0. The van der Waals surface area contributed by atoms with Gasteiger partial charge >= 0.3 is 0 Å². The normalized spacial score (nSPS) is 14.5. The molecule has 0 saturated carbocycles. The minimum atomic E-state index is -0.179. The highest BCUT2D eigenvalue weighted by Gasteiger charge is 2.17. The minimum Gasteiger partial charge on any atom is -0.492 e. The Morgan fingerprint density at radius 3 is 2.71 bits per heavy atom. The monoisotopic (exact) mass is 326 g/mol. The molecule has 2 aromatic carbocycles. The molecular weight excluding hydrogens is 303 g/mol. The van der Waals surface area contributed by atoms with Gasteiger partial charge in [0.1, 0.15) is 17.3 Å². The van der Waals surface area contributed by atoms with E-state index < -0.39 is 0 Å². The summed E-state index contributed by atoms with van der Waals surface area (Å²) >= 11 is 0. The zero-order chi connectivity index (χ0) is 16.9. The van der Waals surface area contributed by atoms with Gasteiger partial charge in [-0.2, -0.15) is 0 Å². The molecule has 1 heterocycles. The van der Waals surface area contributed by atoms with E-state index in [1.54, 1.807) is 12.3 Å². The highest BCUT2D eigenvalue weighted by atomic mass is 19.1. The number of ether oxygens (including phenoxy) is 1. The van der Waals surface area contributed by atoms with Gasteiger partial charge in [-0.1, -0.05) is 12.1 Å². The van der Waals surface area contributed by atoms with Gasteiger partial charge in [0.05, 0.1) is 12.3 Å². The third-order valence-electron chi connectivity index (χ3n) is 4.29. The number of hydrogen-bond donors (Lipinski definition) is 0. The molecule has 3 rings (SSSR count). The fourth-order valence-corrected chi connectivity index (χ4v) is 3.00. The van der Waals surface area contributed by atoms with Gasteiger partial charge < -0.3 is 9.64 Å². The first kappa shape index (κ1) is 16.5. The van der Waals surface area contributed by atoms with E-state index in [-0.39, 0.29) is 5.82 Å². The van der Waals surface area contributed by atoms with Crippen molar-refractivity contribution in [3.05, 3.63) is 53.3 Å². The number of anilines is 1. The van der Waals surface area contributed by atoms with E-state index >= 15 is 0 Å². The predicted molar refractivity (Wildman–Crippen MR) is 97.4 cm³/mol. The fraction of sp³-hybridized carbons (Fsp3) is 0.350. The van der Waals surface area contributed by atoms with Crippen LogP contribution in [-0.4, -0.2) is 25.9 Å². The zero-order valence-corrected chi connectivity index (χ0v) is 14.3. The molecule has 0 aromatic heterocycles. The first-order valence-electron chi connectivity index (χ1n) is 8.50. The number of nitrogens with zero attached hydrogens (tertiary/aromatic N) is 2. The molecule has 3 nitrogen and oxygen atoms in total. The molecule has 1 fully saturated rings. The maximum Gasteiger partial charge on any atom is 0.147 e. The van der Waals surface area contributed by atoms with E-state index in [1.807, 2.05) is 44.2 Å². The molecule has 0 bridgehead atoms. The van der Waals surface area contributed by atoms with E-state index in [9.17, 15) is 4.39 Å². The molecule has 4 heteroatoms. The molecular formula is C20H23FN2O. The molecule has 0 N–H and O–H groups in total. The van der Waals surface area contributed by atoms with Crippen LogP contribution in [0.1, 0.15) is 30.9 Å². The maximum absolute atomic E-state index is 14.5. The van der Waals surface area contributed by atoms with E-state index in [0.717, 1.165) is 48.5 Å². The van der Waals surface area contributed by atoms with Crippen LogP contribution in [0.3, 0.4) is 0 Å². The topological polar surface area (TPSA) is 24.8 Å². The number of benzene rings is 2. The molecule has 0 amide bonds. The van der Waals surface area contributed by atoms with E-state index in [2.05, 4.69) is 9.89 Å². The summed E-state index contributed by atoms with van der Waals surface area (Å²) in [6.45, 7) is 6.40. The molecule has 2 aromatic rings. The van der Waals surface area contributed by atoms with Gasteiger partial charge in [0.15, 0.2) is 0 Å². The Balaban J connectivity index is 1.86. The van der Waals surface area contributed by atoms with Crippen molar-refractivity contribution in [1.29, 1.82) is 0 Å². The summed E-state index contributed by atoms with van der Waals surface area (Å²) < 4.78 is 20.1. The summed E-state index contributed by atoms with van der Waals surface area (Å²) in [6, 6.07) is 11.1. The standard InChI is InChI=1S/C20H23FN2O/c1-3-24-20-9-5-4-8-18(20)22-14-16-13-17(21)19(12-15(16)2)23-10-6-7-11-23/h4-5,8-9,12-14H,3,6-7,10-11H2,1-2H3. The van der Waals surface area contributed by atoms with E-state index in [4.69, 9.17) is 4.74 Å². The van der Waals surface area contributed by atoms with Crippen LogP contribution < -0.4 is 9.64 Å². The first-order chi connectivity index (χ1) is 11.7. The van der Waals surface area contributed by atoms with Gasteiger partial charge in [-0.3, -0.25) is 4.99 Å². The number of hydrogen-bond acceptors (Lipinski definition) is 3. The molecule has 1 saturated heterocycles. The number of halogens is 1. The van der Waals surface area contributed by atoms with Crippen molar-refractivity contribution in [2.45, 2.75) is 26.7 Å². The number of para-hydroxylation sites is 2. The van der Waals surface area contributed by atoms with Crippen molar-refractivity contribution in [2.24, 2.45) is 4.99 Å². The second-order valence-corrected chi connectivity index (χ2v) is 6.01. The maximum atomic E-state index is 14.5. The second-order valence-electron chi connectivity index (χ2n) is 6.01. The Morgan fingerprint density at radius 1 is 1.21 bits per heavy atom. The van der Waals surface area contributed by atoms with Gasteiger partial charge in [-0.15, -0.1) is 0 Å². The Kier molecular flexibility index (Phi) is 5.14. The average molecular weight is 326 g/mol. The van der Waals surface area contributed by atoms with Crippen LogP contribution in [-0.2, 0) is 0 Å². The van der Waals surface area contributed by atoms with Crippen molar-refractivity contribution >= 4 is 17.6 Å². The van der Waals surface area contributed by atoms with Crippen LogP contribution in [0.15, 0.2) is 41.4 Å². The van der Waals surface area contributed by atoms with Crippen LogP contribution in [0.25, 0.3) is 0 Å². The number of rotatable bonds is 5. The Bertz CT molecular complexity index is 736. The first-order valence-corrected chi connectivity index (χ1v) is 8.50. The minimum absolute atomic E-state index is 0.179. The molecule has 0 spiro atoms. The van der Waals surface area contributed by atoms with Gasteiger partial charge in [0.2, 0.25) is 0 Å².